The minimum Gasteiger partial charge on any atom is -0.497 e. The van der Waals surface area contributed by atoms with Crippen LogP contribution in [0.5, 0.6) is 5.75 Å². The number of hydrogen-bond donors (Lipinski definition) is 2. The first-order valence-corrected chi connectivity index (χ1v) is 10.6. The molecule has 2 aliphatic rings. The molecule has 7 nitrogen and oxygen atoms in total. The molecule has 0 saturated carbocycles. The molecule has 0 unspecified atom stereocenters. The predicted octanol–water partition coefficient (Wildman–Crippen LogP) is 3.07. The van der Waals surface area contributed by atoms with E-state index >= 15 is 0 Å². The van der Waals surface area contributed by atoms with Crippen LogP contribution in [0.15, 0.2) is 42.5 Å². The molecule has 31 heavy (non-hydrogen) atoms. The topological polar surface area (TPSA) is 87.7 Å². The summed E-state index contributed by atoms with van der Waals surface area (Å²) in [4.78, 5) is 38.9. The molecule has 1 atom stereocenters. The van der Waals surface area contributed by atoms with Gasteiger partial charge in [0, 0.05) is 5.69 Å². The van der Waals surface area contributed by atoms with Crippen molar-refractivity contribution in [3.8, 4) is 5.75 Å². The highest BCUT2D eigenvalue weighted by atomic mass is 16.5. The molecular formula is C24H27N3O4. The normalized spacial score (nSPS) is 19.9. The number of aryl methyl sites for hydroxylation is 3. The van der Waals surface area contributed by atoms with Crippen LogP contribution in [-0.4, -0.2) is 41.9 Å². The fourth-order valence-corrected chi connectivity index (χ4v) is 4.24. The van der Waals surface area contributed by atoms with Crippen LogP contribution in [0.1, 0.15) is 36.5 Å². The number of carbonyl (C=O) groups is 3. The van der Waals surface area contributed by atoms with Crippen molar-refractivity contribution in [1.29, 1.82) is 0 Å². The largest absolute Gasteiger partial charge is 0.497 e. The van der Waals surface area contributed by atoms with Gasteiger partial charge >= 0.3 is 6.03 Å². The maximum absolute atomic E-state index is 12.9. The van der Waals surface area contributed by atoms with Crippen LogP contribution >= 0.6 is 0 Å². The number of amides is 4. The van der Waals surface area contributed by atoms with E-state index in [9.17, 15) is 14.4 Å². The van der Waals surface area contributed by atoms with Crippen molar-refractivity contribution in [2.45, 2.75) is 44.6 Å². The van der Waals surface area contributed by atoms with E-state index in [2.05, 4.69) is 10.6 Å². The van der Waals surface area contributed by atoms with Crippen molar-refractivity contribution in [1.82, 2.24) is 10.2 Å². The average molecular weight is 421 g/mol. The van der Waals surface area contributed by atoms with Crippen LogP contribution < -0.4 is 15.4 Å². The van der Waals surface area contributed by atoms with Gasteiger partial charge in [0.25, 0.3) is 5.91 Å². The van der Waals surface area contributed by atoms with Gasteiger partial charge in [0.15, 0.2) is 0 Å². The molecule has 1 aliphatic carbocycles. The van der Waals surface area contributed by atoms with Gasteiger partial charge < -0.3 is 15.4 Å². The Balaban J connectivity index is 1.36. The SMILES string of the molecule is COc1ccc(CC[C@]2(C)NC(=O)N(CC(=O)Nc3ccc4c(c3)CCC4)C2=O)cc1. The number of fused-ring (bicyclic) bond motifs is 1. The van der Waals surface area contributed by atoms with E-state index in [0.29, 0.717) is 18.5 Å². The van der Waals surface area contributed by atoms with Gasteiger partial charge in [-0.2, -0.15) is 0 Å². The van der Waals surface area contributed by atoms with Gasteiger partial charge in [0.1, 0.15) is 17.8 Å². The third-order valence-electron chi connectivity index (χ3n) is 6.10. The summed E-state index contributed by atoms with van der Waals surface area (Å²) in [5.41, 5.74) is 3.26. The van der Waals surface area contributed by atoms with Gasteiger partial charge in [-0.15, -0.1) is 0 Å². The zero-order valence-corrected chi connectivity index (χ0v) is 17.9. The lowest BCUT2D eigenvalue weighted by Crippen LogP contribution is -2.45. The van der Waals surface area contributed by atoms with Crippen molar-refractivity contribution in [3.05, 3.63) is 59.2 Å². The average Bonchev–Trinajstić information content (AvgIpc) is 3.31. The second-order valence-corrected chi connectivity index (χ2v) is 8.39. The fourth-order valence-electron chi connectivity index (χ4n) is 4.24. The number of rotatable bonds is 7. The molecule has 1 fully saturated rings. The number of anilines is 1. The molecule has 0 aromatic heterocycles. The first-order chi connectivity index (χ1) is 14.9. The predicted molar refractivity (Wildman–Crippen MR) is 117 cm³/mol. The molecule has 1 heterocycles. The summed E-state index contributed by atoms with van der Waals surface area (Å²) in [6.45, 7) is 1.40. The van der Waals surface area contributed by atoms with E-state index in [4.69, 9.17) is 4.74 Å². The number of ether oxygens (including phenoxy) is 1. The van der Waals surface area contributed by atoms with E-state index in [-0.39, 0.29) is 18.4 Å². The molecular weight excluding hydrogens is 394 g/mol. The Morgan fingerprint density at radius 2 is 1.87 bits per heavy atom. The first kappa shape index (κ1) is 20.9. The third-order valence-corrected chi connectivity index (χ3v) is 6.10. The summed E-state index contributed by atoms with van der Waals surface area (Å²) in [6, 6.07) is 12.9. The summed E-state index contributed by atoms with van der Waals surface area (Å²) in [5, 5.41) is 5.57. The minimum absolute atomic E-state index is 0.306. The van der Waals surface area contributed by atoms with Crippen molar-refractivity contribution in [3.63, 3.8) is 0 Å². The standard InChI is InChI=1S/C24H27N3O4/c1-24(13-12-16-6-10-20(31-2)11-7-16)22(29)27(23(30)26-24)15-21(28)25-19-9-8-17-4-3-5-18(17)14-19/h6-11,14H,3-5,12-13,15H2,1-2H3,(H,25,28)(H,26,30)/t24-/m0/s1. The Hall–Kier alpha value is -3.35. The maximum atomic E-state index is 12.9. The smallest absolute Gasteiger partial charge is 0.325 e. The summed E-state index contributed by atoms with van der Waals surface area (Å²) in [7, 11) is 1.61. The van der Waals surface area contributed by atoms with E-state index in [1.165, 1.54) is 11.1 Å². The van der Waals surface area contributed by atoms with Gasteiger partial charge in [-0.3, -0.25) is 14.5 Å². The second-order valence-electron chi connectivity index (χ2n) is 8.39. The fraction of sp³-hybridized carbons (Fsp3) is 0.375. The first-order valence-electron chi connectivity index (χ1n) is 10.6. The summed E-state index contributed by atoms with van der Waals surface area (Å²) in [5.74, 6) is -0.00303. The third kappa shape index (κ3) is 4.40. The van der Waals surface area contributed by atoms with Crippen LogP contribution in [0, 0.1) is 0 Å². The number of benzene rings is 2. The number of imide groups is 1. The van der Waals surface area contributed by atoms with E-state index in [1.807, 2.05) is 42.5 Å². The Labute approximate surface area is 181 Å². The number of hydrogen-bond acceptors (Lipinski definition) is 4. The number of methoxy groups -OCH3 is 1. The Morgan fingerprint density at radius 1 is 1.13 bits per heavy atom. The zero-order valence-electron chi connectivity index (χ0n) is 17.9. The van der Waals surface area contributed by atoms with Crippen molar-refractivity contribution < 1.29 is 19.1 Å². The summed E-state index contributed by atoms with van der Waals surface area (Å²) >= 11 is 0. The molecule has 2 N–H and O–H groups in total. The Kier molecular flexibility index (Phi) is 5.67. The lowest BCUT2D eigenvalue weighted by Gasteiger charge is -2.21. The molecule has 2 aromatic rings. The highest BCUT2D eigenvalue weighted by Gasteiger charge is 2.47. The van der Waals surface area contributed by atoms with Crippen LogP contribution in [0.25, 0.3) is 0 Å². The molecule has 4 rings (SSSR count). The summed E-state index contributed by atoms with van der Waals surface area (Å²) in [6.07, 6.45) is 4.26. The molecule has 0 bridgehead atoms. The lowest BCUT2D eigenvalue weighted by atomic mass is 9.93. The minimum atomic E-state index is -1.04. The van der Waals surface area contributed by atoms with Crippen LogP contribution in [0.3, 0.4) is 0 Å². The van der Waals surface area contributed by atoms with Gasteiger partial charge in [0.2, 0.25) is 5.91 Å². The molecule has 1 aliphatic heterocycles. The van der Waals surface area contributed by atoms with Crippen LogP contribution in [0.2, 0.25) is 0 Å². The van der Waals surface area contributed by atoms with E-state index in [1.54, 1.807) is 14.0 Å². The van der Waals surface area contributed by atoms with Crippen molar-refractivity contribution in [2.75, 3.05) is 19.0 Å². The van der Waals surface area contributed by atoms with Gasteiger partial charge in [0.05, 0.1) is 7.11 Å². The molecule has 0 spiro atoms. The molecule has 4 amide bonds. The molecule has 2 aromatic carbocycles. The van der Waals surface area contributed by atoms with Gasteiger partial charge in [-0.1, -0.05) is 18.2 Å². The molecule has 7 heteroatoms. The van der Waals surface area contributed by atoms with E-state index in [0.717, 1.165) is 35.5 Å². The second kappa shape index (κ2) is 8.41. The number of nitrogens with one attached hydrogen (secondary N) is 2. The lowest BCUT2D eigenvalue weighted by molar-refractivity contribution is -0.133. The zero-order chi connectivity index (χ0) is 22.0. The van der Waals surface area contributed by atoms with Crippen LogP contribution in [0.4, 0.5) is 10.5 Å². The molecule has 0 radical (unpaired) electrons. The quantitative estimate of drug-likeness (QED) is 0.673. The summed E-state index contributed by atoms with van der Waals surface area (Å²) < 4.78 is 5.16. The highest BCUT2D eigenvalue weighted by molar-refractivity contribution is 6.09. The number of carbonyl (C=O) groups excluding carboxylic acids is 3. The Morgan fingerprint density at radius 3 is 2.61 bits per heavy atom. The number of urea groups is 1. The van der Waals surface area contributed by atoms with Crippen molar-refractivity contribution >= 4 is 23.5 Å². The van der Waals surface area contributed by atoms with Crippen LogP contribution in [-0.2, 0) is 28.9 Å². The van der Waals surface area contributed by atoms with Gasteiger partial charge in [-0.25, -0.2) is 4.79 Å². The van der Waals surface area contributed by atoms with E-state index < -0.39 is 11.6 Å². The van der Waals surface area contributed by atoms with Gasteiger partial charge in [-0.05, 0) is 80.0 Å². The van der Waals surface area contributed by atoms with Crippen molar-refractivity contribution in [2.24, 2.45) is 0 Å². The monoisotopic (exact) mass is 421 g/mol. The number of nitrogens with zero attached hydrogens (tertiary/aromatic N) is 1. The molecule has 162 valence electrons. The molecule has 1 saturated heterocycles. The maximum Gasteiger partial charge on any atom is 0.325 e. The highest BCUT2D eigenvalue weighted by Crippen LogP contribution is 2.26. The Bertz CT molecular complexity index is 1020.